The summed E-state index contributed by atoms with van der Waals surface area (Å²) in [4.78, 5) is 27.6. The van der Waals surface area contributed by atoms with E-state index in [4.69, 9.17) is 0 Å². The van der Waals surface area contributed by atoms with Gasteiger partial charge in [0.1, 0.15) is 0 Å². The molecule has 1 saturated heterocycles. The molecule has 5 nitrogen and oxygen atoms in total. The molecule has 1 amide bonds. The van der Waals surface area contributed by atoms with Gasteiger partial charge in [-0.3, -0.25) is 9.69 Å². The van der Waals surface area contributed by atoms with E-state index in [9.17, 15) is 27.9 Å². The van der Waals surface area contributed by atoms with Crippen molar-refractivity contribution < 1.29 is 27.9 Å². The molecular formula is C13H10F3N2O3S-. The van der Waals surface area contributed by atoms with E-state index in [1.54, 1.807) is 0 Å². The number of hydrogen-bond acceptors (Lipinski definition) is 5. The van der Waals surface area contributed by atoms with Gasteiger partial charge in [0.2, 0.25) is 5.91 Å². The quantitative estimate of drug-likeness (QED) is 0.821. The number of amides is 1. The van der Waals surface area contributed by atoms with Crippen LogP contribution in [0.4, 0.5) is 18.9 Å². The molecule has 1 aliphatic heterocycles. The zero-order valence-corrected chi connectivity index (χ0v) is 12.1. The van der Waals surface area contributed by atoms with Crippen LogP contribution in [-0.4, -0.2) is 34.2 Å². The zero-order chi connectivity index (χ0) is 16.5. The maximum atomic E-state index is 12.6. The number of amidine groups is 1. The molecule has 0 spiro atoms. The Kier molecular flexibility index (Phi) is 4.45. The number of carbonyl (C=O) groups excluding carboxylic acids is 2. The highest BCUT2D eigenvalue weighted by Gasteiger charge is 2.32. The van der Waals surface area contributed by atoms with Gasteiger partial charge in [-0.15, -0.1) is 0 Å². The van der Waals surface area contributed by atoms with Crippen molar-refractivity contribution in [1.29, 1.82) is 0 Å². The Morgan fingerprint density at radius 2 is 2.14 bits per heavy atom. The molecule has 0 saturated carbocycles. The fourth-order valence-corrected chi connectivity index (χ4v) is 2.74. The van der Waals surface area contributed by atoms with Crippen LogP contribution < -0.4 is 5.11 Å². The topological polar surface area (TPSA) is 72.8 Å². The Labute approximate surface area is 127 Å². The van der Waals surface area contributed by atoms with Crippen molar-refractivity contribution in [2.45, 2.75) is 17.8 Å². The predicted molar refractivity (Wildman–Crippen MR) is 72.3 cm³/mol. The van der Waals surface area contributed by atoms with Crippen LogP contribution in [0.1, 0.15) is 12.0 Å². The molecule has 0 N–H and O–H groups in total. The number of halogens is 3. The highest BCUT2D eigenvalue weighted by atomic mass is 32.2. The second kappa shape index (κ2) is 5.99. The minimum Gasteiger partial charge on any atom is -0.549 e. The van der Waals surface area contributed by atoms with Gasteiger partial charge in [-0.25, -0.2) is 4.99 Å². The molecule has 1 aliphatic rings. The fraction of sp³-hybridized carbons (Fsp3) is 0.308. The van der Waals surface area contributed by atoms with Crippen molar-refractivity contribution >= 4 is 34.5 Å². The predicted octanol–water partition coefficient (Wildman–Crippen LogP) is 1.41. The standard InChI is InChI=1S/C13H11F3N2O3S/c1-18-10(19)6-9(11(20)21)22-12(18)17-8-4-2-3-7(5-8)13(14,15)16/h2-5,9H,6H2,1H3,(H,20,21)/p-1/t9-/m0/s1. The minimum atomic E-state index is -4.51. The van der Waals surface area contributed by atoms with Crippen LogP contribution in [0.5, 0.6) is 0 Å². The normalized spacial score (nSPS) is 21.3. The monoisotopic (exact) mass is 331 g/mol. The van der Waals surface area contributed by atoms with Gasteiger partial charge in [0.25, 0.3) is 0 Å². The van der Waals surface area contributed by atoms with E-state index in [1.807, 2.05) is 0 Å². The number of hydrogen-bond donors (Lipinski definition) is 0. The number of alkyl halides is 3. The summed E-state index contributed by atoms with van der Waals surface area (Å²) in [5.41, 5.74) is -0.892. The minimum absolute atomic E-state index is 0.0176. The maximum Gasteiger partial charge on any atom is 0.416 e. The second-order valence-electron chi connectivity index (χ2n) is 4.52. The SMILES string of the molecule is CN1C(=O)C[C@@H](C(=O)[O-])SC1=Nc1cccc(C(F)(F)F)c1. The summed E-state index contributed by atoms with van der Waals surface area (Å²) in [7, 11) is 1.38. The molecule has 0 unspecified atom stereocenters. The molecule has 1 heterocycles. The van der Waals surface area contributed by atoms with E-state index in [0.717, 1.165) is 28.8 Å². The first kappa shape index (κ1) is 16.3. The van der Waals surface area contributed by atoms with Crippen LogP contribution >= 0.6 is 11.8 Å². The van der Waals surface area contributed by atoms with Crippen molar-refractivity contribution in [3.63, 3.8) is 0 Å². The van der Waals surface area contributed by atoms with Crippen LogP contribution in [0, 0.1) is 0 Å². The van der Waals surface area contributed by atoms with Crippen molar-refractivity contribution in [3.05, 3.63) is 29.8 Å². The first-order valence-electron chi connectivity index (χ1n) is 6.08. The lowest BCUT2D eigenvalue weighted by molar-refractivity contribution is -0.304. The van der Waals surface area contributed by atoms with Crippen molar-refractivity contribution in [3.8, 4) is 0 Å². The van der Waals surface area contributed by atoms with Gasteiger partial charge >= 0.3 is 6.18 Å². The molecule has 0 aliphatic carbocycles. The van der Waals surface area contributed by atoms with Gasteiger partial charge in [0, 0.05) is 13.5 Å². The Balaban J connectivity index is 2.34. The van der Waals surface area contributed by atoms with Gasteiger partial charge < -0.3 is 9.90 Å². The molecule has 9 heteroatoms. The number of aliphatic imine (C=N–C) groups is 1. The number of carboxylic acid groups (broad SMARTS) is 1. The number of carbonyl (C=O) groups is 2. The first-order chi connectivity index (χ1) is 10.2. The summed E-state index contributed by atoms with van der Waals surface area (Å²) in [6, 6.07) is 4.25. The average molecular weight is 331 g/mol. The van der Waals surface area contributed by atoms with E-state index in [2.05, 4.69) is 4.99 Å². The largest absolute Gasteiger partial charge is 0.549 e. The van der Waals surface area contributed by atoms with E-state index in [1.165, 1.54) is 19.2 Å². The molecule has 118 valence electrons. The number of thioether (sulfide) groups is 1. The third kappa shape index (κ3) is 3.59. The third-order valence-corrected chi connectivity index (χ3v) is 4.15. The van der Waals surface area contributed by atoms with Crippen molar-refractivity contribution in [1.82, 2.24) is 4.90 Å². The number of rotatable bonds is 2. The Morgan fingerprint density at radius 3 is 2.73 bits per heavy atom. The lowest BCUT2D eigenvalue weighted by atomic mass is 10.2. The number of aliphatic carboxylic acids is 1. The molecule has 1 atom stereocenters. The number of nitrogens with zero attached hydrogens (tertiary/aromatic N) is 2. The molecule has 0 aromatic heterocycles. The Hall–Kier alpha value is -2.03. The smallest absolute Gasteiger partial charge is 0.416 e. The lowest BCUT2D eigenvalue weighted by Gasteiger charge is -2.29. The Bertz CT molecular complexity index is 646. The number of benzene rings is 1. The van der Waals surface area contributed by atoms with Crippen molar-refractivity contribution in [2.75, 3.05) is 7.05 Å². The Morgan fingerprint density at radius 1 is 1.45 bits per heavy atom. The summed E-state index contributed by atoms with van der Waals surface area (Å²) in [6.07, 6.45) is -4.75. The van der Waals surface area contributed by atoms with E-state index >= 15 is 0 Å². The molecule has 22 heavy (non-hydrogen) atoms. The molecular weight excluding hydrogens is 321 g/mol. The molecule has 1 aromatic carbocycles. The van der Waals surface area contributed by atoms with Crippen LogP contribution in [0.25, 0.3) is 0 Å². The van der Waals surface area contributed by atoms with Crippen LogP contribution in [0.2, 0.25) is 0 Å². The molecule has 0 bridgehead atoms. The summed E-state index contributed by atoms with van der Waals surface area (Å²) in [5.74, 6) is -1.90. The van der Waals surface area contributed by atoms with Gasteiger partial charge in [0.15, 0.2) is 5.17 Å². The fourth-order valence-electron chi connectivity index (χ4n) is 1.75. The van der Waals surface area contributed by atoms with Gasteiger partial charge in [-0.2, -0.15) is 13.2 Å². The summed E-state index contributed by atoms with van der Waals surface area (Å²) in [5, 5.41) is 9.80. The van der Waals surface area contributed by atoms with E-state index in [0.29, 0.717) is 0 Å². The summed E-state index contributed by atoms with van der Waals surface area (Å²) >= 11 is 0.771. The van der Waals surface area contributed by atoms with Crippen LogP contribution in [-0.2, 0) is 15.8 Å². The van der Waals surface area contributed by atoms with Gasteiger partial charge in [-0.05, 0) is 18.2 Å². The van der Waals surface area contributed by atoms with Gasteiger partial charge in [0.05, 0.1) is 22.5 Å². The maximum absolute atomic E-state index is 12.6. The summed E-state index contributed by atoms with van der Waals surface area (Å²) in [6.45, 7) is 0. The highest BCUT2D eigenvalue weighted by Crippen LogP contribution is 2.33. The van der Waals surface area contributed by atoms with E-state index in [-0.39, 0.29) is 17.3 Å². The molecule has 1 fully saturated rings. The van der Waals surface area contributed by atoms with Gasteiger partial charge in [-0.1, -0.05) is 17.8 Å². The second-order valence-corrected chi connectivity index (χ2v) is 5.69. The molecule has 2 rings (SSSR count). The van der Waals surface area contributed by atoms with E-state index < -0.39 is 28.9 Å². The number of carboxylic acids is 1. The average Bonchev–Trinajstić information content (AvgIpc) is 2.43. The lowest BCUT2D eigenvalue weighted by Crippen LogP contribution is -2.45. The first-order valence-corrected chi connectivity index (χ1v) is 6.96. The molecule has 0 radical (unpaired) electrons. The summed E-state index contributed by atoms with van der Waals surface area (Å²) < 4.78 is 37.9. The third-order valence-electron chi connectivity index (χ3n) is 2.93. The van der Waals surface area contributed by atoms with Crippen molar-refractivity contribution in [2.24, 2.45) is 4.99 Å². The van der Waals surface area contributed by atoms with Crippen LogP contribution in [0.15, 0.2) is 29.3 Å². The highest BCUT2D eigenvalue weighted by molar-refractivity contribution is 8.15. The molecule has 1 aromatic rings. The van der Waals surface area contributed by atoms with Crippen LogP contribution in [0.3, 0.4) is 0 Å². The zero-order valence-electron chi connectivity index (χ0n) is 11.3.